The van der Waals surface area contributed by atoms with Gasteiger partial charge in [0.25, 0.3) is 0 Å². The fourth-order valence-electron chi connectivity index (χ4n) is 2.47. The Morgan fingerprint density at radius 2 is 1.64 bits per heavy atom. The Labute approximate surface area is 149 Å². The lowest BCUT2D eigenvalue weighted by molar-refractivity contribution is -0.137. The molecule has 1 aromatic carbocycles. The average Bonchev–Trinajstić information content (AvgIpc) is 2.60. The van der Waals surface area contributed by atoms with E-state index >= 15 is 0 Å². The third-order valence-electron chi connectivity index (χ3n) is 4.07. The normalized spacial score (nSPS) is 18.2. The van der Waals surface area contributed by atoms with Crippen LogP contribution >= 0.6 is 11.8 Å². The molecule has 0 radical (unpaired) electrons. The summed E-state index contributed by atoms with van der Waals surface area (Å²) in [6, 6.07) is 3.44. The Morgan fingerprint density at radius 3 is 2.08 bits per heavy atom. The Balaban J connectivity index is 2.08. The summed E-state index contributed by atoms with van der Waals surface area (Å²) in [5, 5.41) is -0.196. The molecule has 1 saturated heterocycles. The predicted octanol–water partition coefficient (Wildman–Crippen LogP) is 2.29. The topological polar surface area (TPSA) is 57.7 Å². The number of halogens is 3. The molecule has 0 saturated carbocycles. The van der Waals surface area contributed by atoms with Gasteiger partial charge in [-0.3, -0.25) is 4.79 Å². The molecule has 25 heavy (non-hydrogen) atoms. The molecule has 1 heterocycles. The van der Waals surface area contributed by atoms with E-state index in [1.807, 2.05) is 6.26 Å². The van der Waals surface area contributed by atoms with Crippen LogP contribution in [0.1, 0.15) is 12.5 Å². The van der Waals surface area contributed by atoms with Gasteiger partial charge in [0.15, 0.2) is 0 Å². The highest BCUT2D eigenvalue weighted by Gasteiger charge is 2.33. The van der Waals surface area contributed by atoms with Crippen molar-refractivity contribution in [1.29, 1.82) is 0 Å². The van der Waals surface area contributed by atoms with Crippen molar-refractivity contribution >= 4 is 27.7 Å². The minimum atomic E-state index is -4.51. The molecule has 1 unspecified atom stereocenters. The summed E-state index contributed by atoms with van der Waals surface area (Å²) in [7, 11) is -3.88. The summed E-state index contributed by atoms with van der Waals surface area (Å²) in [5.41, 5.74) is -0.895. The van der Waals surface area contributed by atoms with Crippen LogP contribution in [-0.4, -0.2) is 61.2 Å². The second-order valence-corrected chi connectivity index (χ2v) is 8.75. The molecule has 1 aromatic rings. The van der Waals surface area contributed by atoms with Gasteiger partial charge in [-0.25, -0.2) is 8.42 Å². The Kier molecular flexibility index (Phi) is 6.05. The van der Waals surface area contributed by atoms with Gasteiger partial charge in [0.05, 0.1) is 15.7 Å². The van der Waals surface area contributed by atoms with Crippen LogP contribution in [0.3, 0.4) is 0 Å². The first-order valence-corrected chi connectivity index (χ1v) is 10.3. The number of sulfonamides is 1. The van der Waals surface area contributed by atoms with E-state index in [0.29, 0.717) is 0 Å². The zero-order chi connectivity index (χ0) is 18.8. The number of rotatable bonds is 4. The summed E-state index contributed by atoms with van der Waals surface area (Å²) in [4.78, 5) is 13.5. The molecule has 140 valence electrons. The molecule has 10 heteroatoms. The molecule has 0 N–H and O–H groups in total. The van der Waals surface area contributed by atoms with Gasteiger partial charge in [-0.05, 0) is 37.4 Å². The predicted molar refractivity (Wildman–Crippen MR) is 89.8 cm³/mol. The second-order valence-electron chi connectivity index (χ2n) is 5.63. The fraction of sp³-hybridized carbons (Fsp3) is 0.533. The lowest BCUT2D eigenvalue weighted by atomic mass is 10.2. The summed E-state index contributed by atoms with van der Waals surface area (Å²) in [6.07, 6.45) is -2.68. The van der Waals surface area contributed by atoms with E-state index in [9.17, 15) is 26.4 Å². The fourth-order valence-corrected chi connectivity index (χ4v) is 4.24. The molecule has 5 nitrogen and oxygen atoms in total. The van der Waals surface area contributed by atoms with E-state index in [1.165, 1.54) is 16.1 Å². The van der Waals surface area contributed by atoms with E-state index in [2.05, 4.69) is 0 Å². The van der Waals surface area contributed by atoms with E-state index < -0.39 is 21.8 Å². The maximum absolute atomic E-state index is 12.6. The Bertz CT molecular complexity index is 713. The number of hydrogen-bond donors (Lipinski definition) is 0. The molecule has 1 amide bonds. The van der Waals surface area contributed by atoms with Crippen LogP contribution in [0, 0.1) is 0 Å². The molecule has 0 aliphatic carbocycles. The van der Waals surface area contributed by atoms with Gasteiger partial charge in [-0.1, -0.05) is 0 Å². The van der Waals surface area contributed by atoms with Gasteiger partial charge in [-0.15, -0.1) is 0 Å². The van der Waals surface area contributed by atoms with Crippen LogP contribution in [-0.2, 0) is 21.0 Å². The van der Waals surface area contributed by atoms with Crippen molar-refractivity contribution in [2.45, 2.75) is 23.2 Å². The molecule has 0 spiro atoms. The molecule has 1 fully saturated rings. The molecule has 2 rings (SSSR count). The van der Waals surface area contributed by atoms with Gasteiger partial charge in [-0.2, -0.15) is 29.2 Å². The first kappa shape index (κ1) is 20.1. The first-order valence-electron chi connectivity index (χ1n) is 7.56. The maximum Gasteiger partial charge on any atom is 0.416 e. The number of amides is 1. The molecule has 1 aliphatic rings. The number of carbonyl (C=O) groups is 1. The second kappa shape index (κ2) is 7.55. The smallest absolute Gasteiger partial charge is 0.339 e. The highest BCUT2D eigenvalue weighted by Crippen LogP contribution is 2.30. The third-order valence-corrected chi connectivity index (χ3v) is 6.89. The van der Waals surface area contributed by atoms with Crippen molar-refractivity contribution in [3.63, 3.8) is 0 Å². The molecule has 0 aromatic heterocycles. The summed E-state index contributed by atoms with van der Waals surface area (Å²) in [6.45, 7) is 2.57. The van der Waals surface area contributed by atoms with Crippen molar-refractivity contribution in [3.05, 3.63) is 29.8 Å². The van der Waals surface area contributed by atoms with E-state index in [-0.39, 0.29) is 42.2 Å². The van der Waals surface area contributed by atoms with Crippen LogP contribution < -0.4 is 0 Å². The molecule has 0 bridgehead atoms. The first-order chi connectivity index (χ1) is 11.6. The van der Waals surface area contributed by atoms with Gasteiger partial charge >= 0.3 is 6.18 Å². The van der Waals surface area contributed by atoms with Crippen molar-refractivity contribution < 1.29 is 26.4 Å². The van der Waals surface area contributed by atoms with Crippen molar-refractivity contribution in [2.75, 3.05) is 32.4 Å². The van der Waals surface area contributed by atoms with Crippen molar-refractivity contribution in [1.82, 2.24) is 9.21 Å². The Morgan fingerprint density at radius 1 is 1.12 bits per heavy atom. The summed E-state index contributed by atoms with van der Waals surface area (Å²) < 4.78 is 64.1. The van der Waals surface area contributed by atoms with Gasteiger partial charge in [0.2, 0.25) is 15.9 Å². The van der Waals surface area contributed by atoms with E-state index in [4.69, 9.17) is 0 Å². The largest absolute Gasteiger partial charge is 0.416 e. The third kappa shape index (κ3) is 4.48. The van der Waals surface area contributed by atoms with Crippen molar-refractivity contribution in [3.8, 4) is 0 Å². The number of piperazine rings is 1. The minimum absolute atomic E-state index is 0.0425. The SMILES string of the molecule is CSC(C)C(=O)N1CCN(S(=O)(=O)c2ccc(C(F)(F)F)cc2)CC1. The van der Waals surface area contributed by atoms with Crippen LogP contribution in [0.25, 0.3) is 0 Å². The molecule has 1 atom stereocenters. The standard InChI is InChI=1S/C15H19F3N2O3S2/c1-11(24-2)14(21)19-7-9-20(10-8-19)25(22,23)13-5-3-12(4-6-13)15(16,17)18/h3-6,11H,7-10H2,1-2H3. The summed E-state index contributed by atoms with van der Waals surface area (Å²) in [5.74, 6) is -0.0425. The highest BCUT2D eigenvalue weighted by atomic mass is 32.2. The molecule has 1 aliphatic heterocycles. The van der Waals surface area contributed by atoms with E-state index in [0.717, 1.165) is 24.3 Å². The monoisotopic (exact) mass is 396 g/mol. The highest BCUT2D eigenvalue weighted by molar-refractivity contribution is 7.99. The van der Waals surface area contributed by atoms with Crippen LogP contribution in [0.5, 0.6) is 0 Å². The lowest BCUT2D eigenvalue weighted by Crippen LogP contribution is -2.52. The molecular formula is C15H19F3N2O3S2. The number of alkyl halides is 3. The number of hydrogen-bond acceptors (Lipinski definition) is 4. The average molecular weight is 396 g/mol. The number of benzene rings is 1. The number of thioether (sulfide) groups is 1. The van der Waals surface area contributed by atoms with E-state index in [1.54, 1.807) is 11.8 Å². The lowest BCUT2D eigenvalue weighted by Gasteiger charge is -2.35. The van der Waals surface area contributed by atoms with Gasteiger partial charge in [0.1, 0.15) is 0 Å². The zero-order valence-corrected chi connectivity index (χ0v) is 15.4. The number of nitrogens with zero attached hydrogens (tertiary/aromatic N) is 2. The zero-order valence-electron chi connectivity index (χ0n) is 13.8. The summed E-state index contributed by atoms with van der Waals surface area (Å²) >= 11 is 1.42. The van der Waals surface area contributed by atoms with Crippen LogP contribution in [0.4, 0.5) is 13.2 Å². The van der Waals surface area contributed by atoms with Gasteiger partial charge in [0, 0.05) is 26.2 Å². The Hall–Kier alpha value is -1.26. The van der Waals surface area contributed by atoms with Gasteiger partial charge < -0.3 is 4.90 Å². The molecular weight excluding hydrogens is 377 g/mol. The number of carbonyl (C=O) groups excluding carboxylic acids is 1. The van der Waals surface area contributed by atoms with Crippen LogP contribution in [0.2, 0.25) is 0 Å². The maximum atomic E-state index is 12.6. The quantitative estimate of drug-likeness (QED) is 0.784. The minimum Gasteiger partial charge on any atom is -0.339 e. The van der Waals surface area contributed by atoms with Crippen molar-refractivity contribution in [2.24, 2.45) is 0 Å². The van der Waals surface area contributed by atoms with Crippen LogP contribution in [0.15, 0.2) is 29.2 Å².